The molecule has 6 nitrogen and oxygen atoms in total. The van der Waals surface area contributed by atoms with E-state index in [9.17, 15) is 14.0 Å². The van der Waals surface area contributed by atoms with Crippen LogP contribution in [0.25, 0.3) is 11.8 Å². The molecule has 0 amide bonds. The van der Waals surface area contributed by atoms with Gasteiger partial charge in [-0.05, 0) is 48.4 Å². The van der Waals surface area contributed by atoms with Crippen LogP contribution in [0, 0.1) is 5.82 Å². The maximum atomic E-state index is 13.8. The number of nitrogens with zero attached hydrogens (tertiary/aromatic N) is 2. The average molecular weight is 515 g/mol. The first-order valence-corrected chi connectivity index (χ1v) is 12.5. The number of carbonyl (C=O) groups is 1. The lowest BCUT2D eigenvalue weighted by Gasteiger charge is -2.26. The van der Waals surface area contributed by atoms with Crippen LogP contribution < -0.4 is 19.6 Å². The normalized spacial score (nSPS) is 15.2. The molecule has 1 aliphatic rings. The summed E-state index contributed by atoms with van der Waals surface area (Å²) in [6.45, 7) is 1.90. The van der Waals surface area contributed by atoms with Gasteiger partial charge in [0.2, 0.25) is 0 Å². The van der Waals surface area contributed by atoms with E-state index in [1.807, 2.05) is 42.5 Å². The van der Waals surface area contributed by atoms with Gasteiger partial charge in [-0.1, -0.05) is 65.9 Å². The zero-order chi connectivity index (χ0) is 25.9. The topological polar surface area (TPSA) is 69.9 Å². The number of esters is 1. The Morgan fingerprint density at radius 1 is 1.08 bits per heavy atom. The first-order chi connectivity index (χ1) is 18.0. The Kier molecular flexibility index (Phi) is 6.83. The van der Waals surface area contributed by atoms with Crippen LogP contribution in [0.3, 0.4) is 0 Å². The quantitative estimate of drug-likeness (QED) is 0.364. The second-order valence-corrected chi connectivity index (χ2v) is 9.27. The number of benzene rings is 3. The maximum Gasteiger partial charge on any atom is 0.338 e. The number of hydrogen-bond acceptors (Lipinski definition) is 6. The summed E-state index contributed by atoms with van der Waals surface area (Å²) in [4.78, 5) is 32.4. The van der Waals surface area contributed by atoms with E-state index in [4.69, 9.17) is 14.5 Å². The lowest BCUT2D eigenvalue weighted by atomic mass is 9.93. The van der Waals surface area contributed by atoms with Gasteiger partial charge >= 0.3 is 5.97 Å². The molecule has 1 aromatic heterocycles. The number of carbonyl (C=O) groups excluding carboxylic acids is 1. The zero-order valence-corrected chi connectivity index (χ0v) is 21.0. The highest BCUT2D eigenvalue weighted by molar-refractivity contribution is 7.07. The molecule has 0 N–H and O–H groups in total. The minimum Gasteiger partial charge on any atom is -0.497 e. The van der Waals surface area contributed by atoms with Gasteiger partial charge in [0.1, 0.15) is 11.6 Å². The Bertz CT molecular complexity index is 1670. The fourth-order valence-corrected chi connectivity index (χ4v) is 5.29. The molecule has 0 unspecified atom stereocenters. The third-order valence-corrected chi connectivity index (χ3v) is 6.93. The number of thiazole rings is 1. The molecule has 1 atom stereocenters. The van der Waals surface area contributed by atoms with Gasteiger partial charge in [0, 0.05) is 5.56 Å². The minimum atomic E-state index is -0.786. The number of ether oxygens (including phenoxy) is 2. The van der Waals surface area contributed by atoms with Crippen molar-refractivity contribution in [3.05, 3.63) is 127 Å². The van der Waals surface area contributed by atoms with Crippen LogP contribution in [0.15, 0.2) is 94.2 Å². The Morgan fingerprint density at radius 3 is 2.51 bits per heavy atom. The van der Waals surface area contributed by atoms with Crippen molar-refractivity contribution in [1.82, 2.24) is 4.57 Å². The van der Waals surface area contributed by atoms with Crippen molar-refractivity contribution < 1.29 is 18.7 Å². The Balaban J connectivity index is 1.82. The van der Waals surface area contributed by atoms with E-state index in [-0.39, 0.29) is 17.7 Å². The standard InChI is InChI=1S/C29H23FN2O4S/c1-3-36-28(34)24-25(19-9-5-4-6-10-19)31-29-32(26(24)20-12-14-22(35-2)15-13-20)27(33)23(37-29)17-18-8-7-11-21(30)16-18/h4-17,26H,3H2,1-2H3/b23-17-/t26-/m0/s1. The molecule has 8 heteroatoms. The second kappa shape index (κ2) is 10.4. The molecule has 2 heterocycles. The number of rotatable bonds is 6. The predicted octanol–water partition coefficient (Wildman–Crippen LogP) is 4.08. The predicted molar refractivity (Wildman–Crippen MR) is 140 cm³/mol. The van der Waals surface area contributed by atoms with Crippen molar-refractivity contribution in [2.75, 3.05) is 13.7 Å². The fourth-order valence-electron chi connectivity index (χ4n) is 4.29. The van der Waals surface area contributed by atoms with Gasteiger partial charge in [0.15, 0.2) is 4.80 Å². The van der Waals surface area contributed by atoms with E-state index in [1.54, 1.807) is 44.4 Å². The minimum absolute atomic E-state index is 0.170. The molecule has 0 spiro atoms. The van der Waals surface area contributed by atoms with E-state index in [0.29, 0.717) is 31.9 Å². The molecule has 4 aromatic rings. The molecule has 5 rings (SSSR count). The van der Waals surface area contributed by atoms with Gasteiger partial charge in [-0.3, -0.25) is 9.36 Å². The van der Waals surface area contributed by atoms with Crippen molar-refractivity contribution in [1.29, 1.82) is 0 Å². The SMILES string of the molecule is CCOC(=O)C1=C(c2ccccc2)N=c2s/c(=C\c3cccc(F)c3)c(=O)n2[C@H]1c1ccc(OC)cc1. The maximum absolute atomic E-state index is 13.8. The molecule has 0 saturated heterocycles. The van der Waals surface area contributed by atoms with E-state index < -0.39 is 17.8 Å². The number of fused-ring (bicyclic) bond motifs is 1. The summed E-state index contributed by atoms with van der Waals surface area (Å²) < 4.78 is 26.5. The van der Waals surface area contributed by atoms with Crippen LogP contribution in [0.5, 0.6) is 5.75 Å². The molecule has 0 saturated carbocycles. The van der Waals surface area contributed by atoms with Crippen molar-refractivity contribution in [2.45, 2.75) is 13.0 Å². The van der Waals surface area contributed by atoms with Crippen LogP contribution in [-0.4, -0.2) is 24.3 Å². The summed E-state index contributed by atoms with van der Waals surface area (Å²) in [7, 11) is 1.57. The number of methoxy groups -OCH3 is 1. The Hall–Kier alpha value is -4.30. The lowest BCUT2D eigenvalue weighted by molar-refractivity contribution is -0.138. The summed E-state index contributed by atoms with van der Waals surface area (Å²) in [5, 5.41) is 0. The Labute approximate surface area is 216 Å². The van der Waals surface area contributed by atoms with Crippen LogP contribution in [-0.2, 0) is 9.53 Å². The largest absolute Gasteiger partial charge is 0.497 e. The van der Waals surface area contributed by atoms with E-state index in [1.165, 1.54) is 28.0 Å². The average Bonchev–Trinajstić information content (AvgIpc) is 3.22. The van der Waals surface area contributed by atoms with Gasteiger partial charge in [-0.2, -0.15) is 0 Å². The van der Waals surface area contributed by atoms with Crippen molar-refractivity contribution in [2.24, 2.45) is 4.99 Å². The summed E-state index contributed by atoms with van der Waals surface area (Å²) in [6.07, 6.45) is 1.63. The van der Waals surface area contributed by atoms with Crippen LogP contribution >= 0.6 is 11.3 Å². The fraction of sp³-hybridized carbons (Fsp3) is 0.138. The van der Waals surface area contributed by atoms with E-state index >= 15 is 0 Å². The third kappa shape index (κ3) is 4.75. The highest BCUT2D eigenvalue weighted by Crippen LogP contribution is 2.35. The first-order valence-electron chi connectivity index (χ1n) is 11.7. The molecule has 3 aromatic carbocycles. The second-order valence-electron chi connectivity index (χ2n) is 8.26. The van der Waals surface area contributed by atoms with Crippen LogP contribution in [0.4, 0.5) is 4.39 Å². The van der Waals surface area contributed by atoms with Gasteiger partial charge in [0.25, 0.3) is 5.56 Å². The highest BCUT2D eigenvalue weighted by Gasteiger charge is 2.35. The molecular weight excluding hydrogens is 491 g/mol. The number of hydrogen-bond donors (Lipinski definition) is 0. The summed E-state index contributed by atoms with van der Waals surface area (Å²) in [5.74, 6) is -0.300. The van der Waals surface area contributed by atoms with Gasteiger partial charge in [-0.25, -0.2) is 14.2 Å². The molecule has 0 bridgehead atoms. The number of aromatic nitrogens is 1. The van der Waals surface area contributed by atoms with Crippen molar-refractivity contribution in [3.8, 4) is 5.75 Å². The van der Waals surface area contributed by atoms with E-state index in [2.05, 4.69) is 0 Å². The monoisotopic (exact) mass is 514 g/mol. The lowest BCUT2D eigenvalue weighted by Crippen LogP contribution is -2.40. The smallest absolute Gasteiger partial charge is 0.338 e. The van der Waals surface area contributed by atoms with Gasteiger partial charge in [0.05, 0.1) is 35.6 Å². The van der Waals surface area contributed by atoms with Gasteiger partial charge < -0.3 is 9.47 Å². The molecule has 37 heavy (non-hydrogen) atoms. The van der Waals surface area contributed by atoms with Crippen molar-refractivity contribution >= 4 is 29.1 Å². The summed E-state index contributed by atoms with van der Waals surface area (Å²) in [5.41, 5.74) is 2.36. The molecule has 1 aliphatic heterocycles. The Morgan fingerprint density at radius 2 is 1.84 bits per heavy atom. The molecule has 0 aliphatic carbocycles. The third-order valence-electron chi connectivity index (χ3n) is 5.95. The molecule has 186 valence electrons. The molecule has 0 radical (unpaired) electrons. The molecule has 0 fully saturated rings. The first kappa shape index (κ1) is 24.4. The summed E-state index contributed by atoms with van der Waals surface area (Å²) in [6, 6.07) is 21.8. The number of halogens is 1. The zero-order valence-electron chi connectivity index (χ0n) is 20.2. The highest BCUT2D eigenvalue weighted by atomic mass is 32.1. The molecular formula is C29H23FN2O4S. The summed E-state index contributed by atoms with van der Waals surface area (Å²) >= 11 is 1.19. The van der Waals surface area contributed by atoms with Crippen LogP contribution in [0.2, 0.25) is 0 Å². The van der Waals surface area contributed by atoms with E-state index in [0.717, 1.165) is 5.56 Å². The van der Waals surface area contributed by atoms with Crippen LogP contribution in [0.1, 0.15) is 29.7 Å². The van der Waals surface area contributed by atoms with Crippen molar-refractivity contribution in [3.63, 3.8) is 0 Å². The van der Waals surface area contributed by atoms with Gasteiger partial charge in [-0.15, -0.1) is 0 Å².